The minimum atomic E-state index is -0.621. The van der Waals surface area contributed by atoms with Gasteiger partial charge in [0.1, 0.15) is 11.5 Å². The van der Waals surface area contributed by atoms with Crippen LogP contribution in [0.2, 0.25) is 0 Å². The van der Waals surface area contributed by atoms with Gasteiger partial charge in [-0.25, -0.2) is 9.98 Å². The number of halogens is 2. The van der Waals surface area contributed by atoms with Crippen molar-refractivity contribution in [1.29, 1.82) is 0 Å². The van der Waals surface area contributed by atoms with Crippen molar-refractivity contribution >= 4 is 29.1 Å². The van der Waals surface area contributed by atoms with Crippen molar-refractivity contribution < 1.29 is 52.4 Å². The van der Waals surface area contributed by atoms with E-state index in [1.54, 1.807) is 0 Å². The number of hydrogen-bond acceptors (Lipinski definition) is 5. The number of quaternary nitrogens is 2. The zero-order valence-electron chi connectivity index (χ0n) is 32.2. The Balaban J connectivity index is 0.00000280. The quantitative estimate of drug-likeness (QED) is 0.144. The van der Waals surface area contributed by atoms with Crippen LogP contribution in [0.3, 0.4) is 0 Å². The zero-order valence-corrected chi connectivity index (χ0v) is 35.3. The van der Waals surface area contributed by atoms with Gasteiger partial charge in [-0.1, -0.05) is 36.4 Å². The first-order valence-corrected chi connectivity index (χ1v) is 18.3. The van der Waals surface area contributed by atoms with Gasteiger partial charge in [-0.2, -0.15) is 0 Å². The third-order valence-corrected chi connectivity index (χ3v) is 9.57. The molecule has 0 spiro atoms. The van der Waals surface area contributed by atoms with E-state index in [-0.39, 0.29) is 40.0 Å². The zero-order chi connectivity index (χ0) is 36.3. The van der Waals surface area contributed by atoms with E-state index < -0.39 is 5.54 Å². The normalized spacial score (nSPS) is 20.0. The lowest BCUT2D eigenvalue weighted by molar-refractivity contribution is -0.870. The fraction of sp³-hybridized carbons (Fsp3) is 0.318. The molecule has 8 nitrogen and oxygen atoms in total. The van der Waals surface area contributed by atoms with Crippen molar-refractivity contribution in [2.75, 3.05) is 68.6 Å². The Bertz CT molecular complexity index is 2140. The molecule has 8 bridgehead atoms. The maximum atomic E-state index is 6.16. The van der Waals surface area contributed by atoms with Crippen LogP contribution in [0.15, 0.2) is 125 Å². The van der Waals surface area contributed by atoms with E-state index in [0.717, 1.165) is 96.6 Å². The van der Waals surface area contributed by atoms with Gasteiger partial charge in [0.2, 0.25) is 0 Å². The average Bonchev–Trinajstić information content (AvgIpc) is 3.92. The second kappa shape index (κ2) is 17.2. The summed E-state index contributed by atoms with van der Waals surface area (Å²) >= 11 is 0. The third kappa shape index (κ3) is 10.4. The molecule has 2 N–H and O–H groups in total. The predicted octanol–water partition coefficient (Wildman–Crippen LogP) is -0.712. The molecule has 0 amide bonds. The Hall–Kier alpha value is -4.06. The number of H-pyrrole nitrogens is 1. The molecule has 2 aromatic carbocycles. The summed E-state index contributed by atoms with van der Waals surface area (Å²) in [6.45, 7) is 3.51. The average molecular weight is 857 g/mol. The third-order valence-electron chi connectivity index (χ3n) is 9.57. The molecular formula is C44H52Br2N6O2. The molecule has 0 radical (unpaired) electrons. The Morgan fingerprint density at radius 1 is 0.667 bits per heavy atom. The standard InChI is InChI=1S/C44H52N6O2.2BrH/c1-49(2,3)25-7-27-51-39-18-9-32(10-19-39)43-41-22-17-37(47-41)30-35-14-13-34(45-35)29-36-15-16-38(46-36)31-44(24-23-42(43)48-44)33-11-20-40(21-12-33)52-28-8-26-50(4,5)6;;/h9-24,29-31,42,45,48H,7-8,25-28H2,1-6H3;2*1H/q+2;;/p-2. The van der Waals surface area contributed by atoms with Gasteiger partial charge in [-0.3, -0.25) is 5.32 Å². The Kier molecular flexibility index (Phi) is 13.1. The highest BCUT2D eigenvalue weighted by molar-refractivity contribution is 6.20. The molecule has 3 aromatic rings. The van der Waals surface area contributed by atoms with Gasteiger partial charge in [0.05, 0.1) is 103 Å². The van der Waals surface area contributed by atoms with Crippen molar-refractivity contribution in [2.45, 2.75) is 24.4 Å². The summed E-state index contributed by atoms with van der Waals surface area (Å²) < 4.78 is 14.2. The van der Waals surface area contributed by atoms with Crippen LogP contribution in [0, 0.1) is 0 Å². The Morgan fingerprint density at radius 2 is 1.22 bits per heavy atom. The molecule has 0 fully saturated rings. The Labute approximate surface area is 341 Å². The molecule has 2 atom stereocenters. The fourth-order valence-electron chi connectivity index (χ4n) is 6.94. The number of nitrogens with one attached hydrogen (secondary N) is 2. The number of ether oxygens (including phenoxy) is 2. The number of aliphatic imine (C=N–C) groups is 2. The lowest BCUT2D eigenvalue weighted by atomic mass is 9.89. The number of hydrogen-bond donors (Lipinski definition) is 2. The van der Waals surface area contributed by atoms with Crippen LogP contribution in [0.4, 0.5) is 0 Å². The molecule has 5 heterocycles. The van der Waals surface area contributed by atoms with Gasteiger partial charge in [-0.15, -0.1) is 0 Å². The topological polar surface area (TPSA) is 71.0 Å². The molecule has 0 aliphatic carbocycles. The van der Waals surface area contributed by atoms with Crippen LogP contribution < -0.4 is 59.5 Å². The van der Waals surface area contributed by atoms with Crippen molar-refractivity contribution in [3.8, 4) is 11.5 Å². The van der Waals surface area contributed by atoms with Gasteiger partial charge >= 0.3 is 0 Å². The van der Waals surface area contributed by atoms with Crippen molar-refractivity contribution in [3.63, 3.8) is 0 Å². The molecule has 284 valence electrons. The van der Waals surface area contributed by atoms with Gasteiger partial charge in [0, 0.05) is 29.1 Å². The highest BCUT2D eigenvalue weighted by Crippen LogP contribution is 2.39. The van der Waals surface area contributed by atoms with Crippen LogP contribution in [0.1, 0.15) is 24.0 Å². The number of nitrogens with zero attached hydrogens (tertiary/aromatic N) is 4. The maximum Gasteiger partial charge on any atom is 0.119 e. The maximum absolute atomic E-state index is 6.16. The van der Waals surface area contributed by atoms with Crippen molar-refractivity contribution in [3.05, 3.63) is 136 Å². The highest BCUT2D eigenvalue weighted by Gasteiger charge is 2.37. The largest absolute Gasteiger partial charge is 1.00 e. The second-order valence-electron chi connectivity index (χ2n) is 16.1. The lowest BCUT2D eigenvalue weighted by Crippen LogP contribution is -3.00. The van der Waals surface area contributed by atoms with Gasteiger partial charge in [0.25, 0.3) is 0 Å². The minimum Gasteiger partial charge on any atom is -1.00 e. The summed E-state index contributed by atoms with van der Waals surface area (Å²) in [4.78, 5) is 13.7. The first kappa shape index (κ1) is 41.1. The minimum absolute atomic E-state index is 0. The second-order valence-corrected chi connectivity index (χ2v) is 16.1. The van der Waals surface area contributed by atoms with E-state index in [0.29, 0.717) is 13.2 Å². The molecular weight excluding hydrogens is 804 g/mol. The molecule has 10 heteroatoms. The van der Waals surface area contributed by atoms with Crippen molar-refractivity contribution in [2.24, 2.45) is 9.98 Å². The monoisotopic (exact) mass is 854 g/mol. The SMILES string of the molecule is C[N+](C)(C)CCCOc1ccc(C2=C3C=CC(=N3)C=c3ccc([nH]3)=CC3=NC(=CC4(c5ccc(OCCC[N+](C)(C)C)cc5)C=CC2N4)C=C3)cc1.[Br-].[Br-]. The van der Waals surface area contributed by atoms with Gasteiger partial charge < -0.3 is 57.4 Å². The molecule has 0 saturated heterocycles. The van der Waals surface area contributed by atoms with Gasteiger partial charge in [0.15, 0.2) is 0 Å². The number of rotatable bonds is 12. The molecule has 7 rings (SSSR count). The van der Waals surface area contributed by atoms with Crippen LogP contribution in [-0.4, -0.2) is 100 Å². The summed E-state index contributed by atoms with van der Waals surface area (Å²) in [5.74, 6) is 1.75. The van der Waals surface area contributed by atoms with Crippen molar-refractivity contribution in [1.82, 2.24) is 10.3 Å². The summed E-state index contributed by atoms with van der Waals surface area (Å²) in [6, 6.07) is 21.0. The molecule has 2 unspecified atom stereocenters. The van der Waals surface area contributed by atoms with E-state index in [1.165, 1.54) is 0 Å². The molecule has 4 aliphatic rings. The van der Waals surface area contributed by atoms with E-state index in [1.807, 2.05) is 0 Å². The fourth-order valence-corrected chi connectivity index (χ4v) is 6.94. The summed E-state index contributed by atoms with van der Waals surface area (Å²) in [6.07, 6.45) is 21.3. The highest BCUT2D eigenvalue weighted by atomic mass is 79.9. The summed E-state index contributed by atoms with van der Waals surface area (Å²) in [5, 5.41) is 6.01. The number of allylic oxidation sites excluding steroid dienone is 4. The van der Waals surface area contributed by atoms with E-state index in [2.05, 4.69) is 168 Å². The van der Waals surface area contributed by atoms with Crippen LogP contribution >= 0.6 is 0 Å². The molecule has 4 aliphatic heterocycles. The number of aromatic amines is 1. The number of benzene rings is 2. The first-order valence-electron chi connectivity index (χ1n) is 18.3. The smallest absolute Gasteiger partial charge is 0.119 e. The van der Waals surface area contributed by atoms with E-state index in [4.69, 9.17) is 19.5 Å². The van der Waals surface area contributed by atoms with E-state index >= 15 is 0 Å². The first-order chi connectivity index (χ1) is 24.9. The van der Waals surface area contributed by atoms with E-state index in [9.17, 15) is 0 Å². The van der Waals surface area contributed by atoms with Gasteiger partial charge in [-0.05, 0) is 90.1 Å². The Morgan fingerprint density at radius 3 is 1.81 bits per heavy atom. The van der Waals surface area contributed by atoms with Crippen LogP contribution in [-0.2, 0) is 5.54 Å². The van der Waals surface area contributed by atoms with Crippen LogP contribution in [0.25, 0.3) is 17.7 Å². The molecule has 1 aromatic heterocycles. The lowest BCUT2D eigenvalue weighted by Gasteiger charge is -2.30. The number of fused-ring (bicyclic) bond motifs is 6. The van der Waals surface area contributed by atoms with Crippen LogP contribution in [0.5, 0.6) is 11.5 Å². The molecule has 0 saturated carbocycles. The number of aromatic nitrogens is 1. The predicted molar refractivity (Wildman–Crippen MR) is 214 cm³/mol. The summed E-state index contributed by atoms with van der Waals surface area (Å²) in [7, 11) is 13.3. The summed E-state index contributed by atoms with van der Waals surface area (Å²) in [5.41, 5.74) is 6.30. The molecule has 54 heavy (non-hydrogen) atoms.